The highest BCUT2D eigenvalue weighted by molar-refractivity contribution is 8.97. The Bertz CT molecular complexity index is 3010. The summed E-state index contributed by atoms with van der Waals surface area (Å²) in [6.45, 7) is -2.13. The van der Waals surface area contributed by atoms with E-state index in [2.05, 4.69) is 9.97 Å². The Morgan fingerprint density at radius 2 is 1.17 bits per heavy atom. The number of hydrogen-bond donors (Lipinski definition) is 3. The third-order valence-electron chi connectivity index (χ3n) is 11.9. The third kappa shape index (κ3) is 11.3. The Labute approximate surface area is 407 Å². The second-order valence-electron chi connectivity index (χ2n) is 16.4. The molecule has 2 aliphatic heterocycles. The summed E-state index contributed by atoms with van der Waals surface area (Å²) < 4.78 is 64.6. The number of rotatable bonds is 19. The van der Waals surface area contributed by atoms with Crippen LogP contribution in [0.25, 0.3) is 0 Å². The minimum Gasteiger partial charge on any atom is -0.497 e. The zero-order valence-corrected chi connectivity index (χ0v) is 40.7. The van der Waals surface area contributed by atoms with E-state index in [1.807, 2.05) is 54.6 Å². The van der Waals surface area contributed by atoms with Gasteiger partial charge in [-0.05, 0) is 66.9 Å². The molecule has 0 radical (unpaired) electrons. The van der Waals surface area contributed by atoms with Crippen molar-refractivity contribution in [3.8, 4) is 11.5 Å². The molecule has 3 N–H and O–H groups in total. The van der Waals surface area contributed by atoms with Crippen LogP contribution in [0, 0.1) is 13.8 Å². The van der Waals surface area contributed by atoms with E-state index in [-0.39, 0.29) is 42.7 Å². The molecule has 1 unspecified atom stereocenters. The first-order valence-corrected chi connectivity index (χ1v) is 26.1. The van der Waals surface area contributed by atoms with Gasteiger partial charge < -0.3 is 37.5 Å². The van der Waals surface area contributed by atoms with E-state index in [9.17, 15) is 33.4 Å². The number of benzene rings is 4. The Balaban J connectivity index is 1.03. The molecule has 70 heavy (non-hydrogen) atoms. The Kier molecular flexibility index (Phi) is 15.8. The molecule has 2 aliphatic rings. The summed E-state index contributed by atoms with van der Waals surface area (Å²) in [6.07, 6.45) is -3.59. The molecule has 0 spiro atoms. The van der Waals surface area contributed by atoms with Crippen molar-refractivity contribution < 1.29 is 51.4 Å². The van der Waals surface area contributed by atoms with Crippen molar-refractivity contribution in [3.63, 3.8) is 0 Å². The van der Waals surface area contributed by atoms with Crippen molar-refractivity contribution >= 4 is 34.3 Å². The van der Waals surface area contributed by atoms with Crippen molar-refractivity contribution in [1.82, 2.24) is 19.1 Å². The zero-order chi connectivity index (χ0) is 49.6. The summed E-state index contributed by atoms with van der Waals surface area (Å²) >= 11 is 0.527. The van der Waals surface area contributed by atoms with Crippen LogP contribution >= 0.6 is 28.3 Å². The number of aromatic nitrogens is 4. The topological polar surface area (TPSA) is 238 Å². The summed E-state index contributed by atoms with van der Waals surface area (Å²) in [6, 6.07) is 32.4. The number of aromatic amines is 2. The SMILES string of the molecule is COc1ccc(C(OC[C@H]2O[C@@H](n3cc(C)c(=O)[nH]c3=O)C[C@@H]2OP(=O)(O)SSOC[C@H]2O[C@@H](n3cc(C)c(=O)[nH]c3=O)C[C@@H]2OC(=O)c2ccccc2)(c2ccccc2)c2ccc(OC)cc2)cc1. The number of methoxy groups -OCH3 is 2. The Hall–Kier alpha value is -6.00. The van der Waals surface area contributed by atoms with E-state index in [4.69, 9.17) is 37.1 Å². The smallest absolute Gasteiger partial charge is 0.399 e. The summed E-state index contributed by atoms with van der Waals surface area (Å²) in [5.41, 5.74) is -1.04. The van der Waals surface area contributed by atoms with Crippen molar-refractivity contribution in [1.29, 1.82) is 0 Å². The Morgan fingerprint density at radius 3 is 1.69 bits per heavy atom. The fourth-order valence-electron chi connectivity index (χ4n) is 8.28. The zero-order valence-electron chi connectivity index (χ0n) is 38.2. The molecular weight excluding hydrogens is 968 g/mol. The number of nitrogens with one attached hydrogen (secondary N) is 2. The van der Waals surface area contributed by atoms with Crippen LogP contribution in [0.4, 0.5) is 0 Å². The van der Waals surface area contributed by atoms with Crippen molar-refractivity contribution in [2.24, 2.45) is 0 Å². The Morgan fingerprint density at radius 1 is 0.700 bits per heavy atom. The van der Waals surface area contributed by atoms with E-state index >= 15 is 0 Å². The van der Waals surface area contributed by atoms with E-state index in [1.165, 1.54) is 35.4 Å². The van der Waals surface area contributed by atoms with Gasteiger partial charge in [0.1, 0.15) is 54.0 Å². The maximum atomic E-state index is 14.0. The molecule has 4 heterocycles. The highest BCUT2D eigenvalue weighted by Crippen LogP contribution is 2.63. The molecule has 2 saturated heterocycles. The number of aryl methyl sites for hydroxylation is 2. The maximum Gasteiger partial charge on any atom is 0.399 e. The summed E-state index contributed by atoms with van der Waals surface area (Å²) in [4.78, 5) is 79.5. The minimum atomic E-state index is -4.66. The lowest BCUT2D eigenvalue weighted by Gasteiger charge is -2.37. The first-order chi connectivity index (χ1) is 33.7. The highest BCUT2D eigenvalue weighted by atomic mass is 33.3. The molecule has 0 amide bonds. The molecule has 22 heteroatoms. The van der Waals surface area contributed by atoms with Crippen LogP contribution in [0.2, 0.25) is 0 Å². The van der Waals surface area contributed by atoms with Crippen LogP contribution in [-0.4, -0.2) is 81.8 Å². The van der Waals surface area contributed by atoms with E-state index in [1.54, 1.807) is 68.8 Å². The van der Waals surface area contributed by atoms with E-state index in [0.29, 0.717) is 44.1 Å². The van der Waals surface area contributed by atoms with E-state index in [0.717, 1.165) is 5.56 Å². The number of esters is 1. The average molecular weight is 1020 g/mol. The quantitative estimate of drug-likeness (QED) is 0.0201. The molecule has 19 nitrogen and oxygen atoms in total. The summed E-state index contributed by atoms with van der Waals surface area (Å²) in [5, 5.41) is 0. The van der Waals surface area contributed by atoms with Crippen LogP contribution < -0.4 is 32.0 Å². The fourth-order valence-corrected chi connectivity index (χ4v) is 11.6. The van der Waals surface area contributed by atoms with E-state index < -0.39 is 77.7 Å². The molecule has 6 aromatic rings. The second-order valence-corrected chi connectivity index (χ2v) is 21.6. The van der Waals surface area contributed by atoms with Crippen molar-refractivity contribution in [3.05, 3.63) is 197 Å². The predicted molar refractivity (Wildman–Crippen MR) is 259 cm³/mol. The lowest BCUT2D eigenvalue weighted by atomic mass is 9.80. The molecule has 0 bridgehead atoms. The lowest BCUT2D eigenvalue weighted by Crippen LogP contribution is -2.38. The molecule has 0 aliphatic carbocycles. The molecule has 2 fully saturated rings. The lowest BCUT2D eigenvalue weighted by molar-refractivity contribution is -0.0919. The molecule has 2 aromatic heterocycles. The maximum absolute atomic E-state index is 14.0. The van der Waals surface area contributed by atoms with Gasteiger partial charge in [-0.1, -0.05) is 72.8 Å². The molecule has 368 valence electrons. The molecule has 7 atom stereocenters. The van der Waals surface area contributed by atoms with Crippen molar-refractivity contribution in [2.75, 3.05) is 27.4 Å². The number of ether oxygens (including phenoxy) is 6. The minimum absolute atomic E-state index is 0.0180. The van der Waals surface area contributed by atoms with Gasteiger partial charge in [0.25, 0.3) is 11.1 Å². The second kappa shape index (κ2) is 22.0. The summed E-state index contributed by atoms with van der Waals surface area (Å²) in [7, 11) is 3.51. The molecular formula is C48H49N4O15PS2. The number of carbonyl (C=O) groups is 1. The average Bonchev–Trinajstić information content (AvgIpc) is 3.96. The summed E-state index contributed by atoms with van der Waals surface area (Å²) in [5.74, 6) is 0.572. The van der Waals surface area contributed by atoms with Gasteiger partial charge in [-0.25, -0.2) is 18.9 Å². The number of hydrogen-bond acceptors (Lipinski definition) is 16. The van der Waals surface area contributed by atoms with Gasteiger partial charge in [0.2, 0.25) is 0 Å². The van der Waals surface area contributed by atoms with Gasteiger partial charge >= 0.3 is 24.1 Å². The highest BCUT2D eigenvalue weighted by Gasteiger charge is 2.46. The first-order valence-electron chi connectivity index (χ1n) is 21.9. The van der Waals surface area contributed by atoms with Gasteiger partial charge in [-0.3, -0.25) is 33.2 Å². The van der Waals surface area contributed by atoms with Crippen LogP contribution in [0.3, 0.4) is 0 Å². The number of nitrogens with zero attached hydrogens (tertiary/aromatic N) is 2. The molecule has 8 rings (SSSR count). The van der Waals surface area contributed by atoms with Crippen molar-refractivity contribution in [2.45, 2.75) is 69.2 Å². The predicted octanol–water partition coefficient (Wildman–Crippen LogP) is 6.33. The fraction of sp³-hybridized carbons (Fsp3) is 0.312. The largest absolute Gasteiger partial charge is 0.497 e. The molecule has 0 saturated carbocycles. The van der Waals surface area contributed by atoms with Crippen LogP contribution in [-0.2, 0) is 37.8 Å². The van der Waals surface area contributed by atoms with Gasteiger partial charge in [0.15, 0.2) is 0 Å². The third-order valence-corrected chi connectivity index (χ3v) is 16.4. The van der Waals surface area contributed by atoms with Gasteiger partial charge in [0, 0.05) is 36.4 Å². The standard InChI is InChI=1S/C48H49N4O15PS2/c1-29-25-51(46(56)49-43(29)53)41-23-37(66-45(55)31-11-7-5-8-12-31)40(65-41)28-63-69-70-68(58,59)67-38-24-42(52-26-30(2)44(54)50-47(52)57)64-39(38)27-62-48(32-13-9-6-10-14-32,33-15-19-35(60-3)20-16-33)34-17-21-36(61-4)22-18-34/h5-22,25-26,37-42H,23-24,27-28H2,1-4H3,(H,58,59)(H,49,53,56)(H,50,54,57)/t37-,38-,39+,40+,41+,42+/m0/s1. The van der Waals surface area contributed by atoms with Crippen LogP contribution in [0.15, 0.2) is 141 Å². The van der Waals surface area contributed by atoms with Gasteiger partial charge in [0.05, 0.1) is 54.5 Å². The van der Waals surface area contributed by atoms with Crippen LogP contribution in [0.5, 0.6) is 11.5 Å². The number of carbonyl (C=O) groups excluding carboxylic acids is 1. The first kappa shape index (κ1) is 50.4. The molecule has 4 aromatic carbocycles. The number of H-pyrrole nitrogens is 2. The van der Waals surface area contributed by atoms with Crippen LogP contribution in [0.1, 0.15) is 63.5 Å². The normalized spacial score (nSPS) is 21.0. The monoisotopic (exact) mass is 1020 g/mol. The van der Waals surface area contributed by atoms with Gasteiger partial charge in [-0.2, -0.15) is 0 Å². The van der Waals surface area contributed by atoms with Gasteiger partial charge in [-0.15, -0.1) is 0 Å².